The van der Waals surface area contributed by atoms with Crippen LogP contribution in [0.2, 0.25) is 5.02 Å². The second kappa shape index (κ2) is 6.38. The van der Waals surface area contributed by atoms with Crippen LogP contribution < -0.4 is 4.74 Å². The molecular weight excluding hydrogens is 242 g/mol. The molecule has 1 aliphatic heterocycles. The zero-order chi connectivity index (χ0) is 11.2. The summed E-state index contributed by atoms with van der Waals surface area (Å²) in [5.41, 5.74) is 0. The van der Waals surface area contributed by atoms with Gasteiger partial charge in [0.25, 0.3) is 0 Å². The molecule has 1 aliphatic rings. The summed E-state index contributed by atoms with van der Waals surface area (Å²) >= 11 is 8.03. The number of nitrogens with zero attached hydrogens (tertiary/aromatic N) is 1. The highest BCUT2D eigenvalue weighted by Crippen LogP contribution is 2.22. The van der Waals surface area contributed by atoms with Crippen molar-refractivity contribution in [1.82, 2.24) is 4.90 Å². The molecule has 4 heteroatoms. The molecular formula is C12H16ClNOS. The fourth-order valence-electron chi connectivity index (χ4n) is 1.67. The maximum Gasteiger partial charge on any atom is 0.137 e. The van der Waals surface area contributed by atoms with E-state index in [-0.39, 0.29) is 0 Å². The van der Waals surface area contributed by atoms with Crippen molar-refractivity contribution in [3.8, 4) is 5.75 Å². The van der Waals surface area contributed by atoms with Crippen molar-refractivity contribution in [3.05, 3.63) is 29.3 Å². The molecule has 0 spiro atoms. The number of hydrogen-bond donors (Lipinski definition) is 0. The van der Waals surface area contributed by atoms with E-state index in [9.17, 15) is 0 Å². The Labute approximate surface area is 106 Å². The maximum absolute atomic E-state index is 6.00. The lowest BCUT2D eigenvalue weighted by atomic mass is 10.3. The summed E-state index contributed by atoms with van der Waals surface area (Å²) in [6, 6.07) is 7.62. The van der Waals surface area contributed by atoms with E-state index in [1.165, 1.54) is 24.6 Å². The van der Waals surface area contributed by atoms with Gasteiger partial charge >= 0.3 is 0 Å². The van der Waals surface area contributed by atoms with E-state index in [1.54, 1.807) is 0 Å². The minimum Gasteiger partial charge on any atom is -0.491 e. The highest BCUT2D eigenvalue weighted by molar-refractivity contribution is 7.99. The van der Waals surface area contributed by atoms with Crippen molar-refractivity contribution in [2.45, 2.75) is 0 Å². The van der Waals surface area contributed by atoms with Gasteiger partial charge in [0.2, 0.25) is 0 Å². The summed E-state index contributed by atoms with van der Waals surface area (Å²) in [4.78, 5) is 2.44. The van der Waals surface area contributed by atoms with E-state index in [4.69, 9.17) is 16.3 Å². The second-order valence-electron chi connectivity index (χ2n) is 3.73. The SMILES string of the molecule is Clc1ccccc1OCCN1CCSCC1. The minimum atomic E-state index is 0.691. The van der Waals surface area contributed by atoms with Crippen LogP contribution in [0, 0.1) is 0 Å². The Morgan fingerprint density at radius 1 is 1.25 bits per heavy atom. The van der Waals surface area contributed by atoms with Crippen molar-refractivity contribution in [2.75, 3.05) is 37.7 Å². The van der Waals surface area contributed by atoms with Gasteiger partial charge in [0, 0.05) is 31.1 Å². The van der Waals surface area contributed by atoms with Crippen LogP contribution in [-0.4, -0.2) is 42.6 Å². The predicted molar refractivity (Wildman–Crippen MR) is 70.7 cm³/mol. The summed E-state index contributed by atoms with van der Waals surface area (Å²) in [7, 11) is 0. The molecule has 2 rings (SSSR count). The van der Waals surface area contributed by atoms with Crippen molar-refractivity contribution in [3.63, 3.8) is 0 Å². The van der Waals surface area contributed by atoms with Crippen LogP contribution in [0.5, 0.6) is 5.75 Å². The fourth-order valence-corrected chi connectivity index (χ4v) is 2.84. The lowest BCUT2D eigenvalue weighted by Gasteiger charge is -2.25. The topological polar surface area (TPSA) is 12.5 Å². The van der Waals surface area contributed by atoms with Gasteiger partial charge in [0.05, 0.1) is 5.02 Å². The van der Waals surface area contributed by atoms with E-state index >= 15 is 0 Å². The Bertz CT molecular complexity index is 329. The third kappa shape index (κ3) is 3.58. The van der Waals surface area contributed by atoms with Gasteiger partial charge in [-0.2, -0.15) is 11.8 Å². The van der Waals surface area contributed by atoms with Crippen molar-refractivity contribution >= 4 is 23.4 Å². The number of para-hydroxylation sites is 1. The Kier molecular flexibility index (Phi) is 4.82. The molecule has 16 heavy (non-hydrogen) atoms. The van der Waals surface area contributed by atoms with Crippen LogP contribution in [0.4, 0.5) is 0 Å². The molecule has 0 amide bonds. The smallest absolute Gasteiger partial charge is 0.137 e. The lowest BCUT2D eigenvalue weighted by molar-refractivity contribution is 0.222. The standard InChI is InChI=1S/C12H16ClNOS/c13-11-3-1-2-4-12(11)15-8-5-14-6-9-16-10-7-14/h1-4H,5-10H2. The van der Waals surface area contributed by atoms with Crippen LogP contribution in [0.3, 0.4) is 0 Å². The van der Waals surface area contributed by atoms with Crippen LogP contribution >= 0.6 is 23.4 Å². The zero-order valence-corrected chi connectivity index (χ0v) is 10.8. The molecule has 0 saturated carbocycles. The highest BCUT2D eigenvalue weighted by atomic mass is 35.5. The first-order chi connectivity index (χ1) is 7.86. The Morgan fingerprint density at radius 2 is 2.00 bits per heavy atom. The first kappa shape index (κ1) is 12.1. The zero-order valence-electron chi connectivity index (χ0n) is 9.19. The molecule has 2 nitrogen and oxygen atoms in total. The monoisotopic (exact) mass is 257 g/mol. The number of benzene rings is 1. The van der Waals surface area contributed by atoms with E-state index < -0.39 is 0 Å². The Hall–Kier alpha value is -0.380. The largest absolute Gasteiger partial charge is 0.491 e. The van der Waals surface area contributed by atoms with Crippen molar-refractivity contribution in [1.29, 1.82) is 0 Å². The quantitative estimate of drug-likeness (QED) is 0.823. The first-order valence-electron chi connectivity index (χ1n) is 5.54. The van der Waals surface area contributed by atoms with Crippen LogP contribution in [0.15, 0.2) is 24.3 Å². The normalized spacial score (nSPS) is 17.3. The summed E-state index contributed by atoms with van der Waals surface area (Å²) in [6.45, 7) is 4.06. The van der Waals surface area contributed by atoms with Gasteiger partial charge in [-0.3, -0.25) is 4.90 Å². The molecule has 0 aromatic heterocycles. The number of rotatable bonds is 4. The fraction of sp³-hybridized carbons (Fsp3) is 0.500. The van der Waals surface area contributed by atoms with Gasteiger partial charge < -0.3 is 4.74 Å². The van der Waals surface area contributed by atoms with Gasteiger partial charge in [-0.1, -0.05) is 23.7 Å². The van der Waals surface area contributed by atoms with Crippen LogP contribution in [0.1, 0.15) is 0 Å². The summed E-state index contributed by atoms with van der Waals surface area (Å²) in [5, 5.41) is 0.691. The van der Waals surface area contributed by atoms with Gasteiger partial charge in [0.1, 0.15) is 12.4 Å². The minimum absolute atomic E-state index is 0.691. The number of halogens is 1. The maximum atomic E-state index is 6.00. The molecule has 1 fully saturated rings. The van der Waals surface area contributed by atoms with E-state index in [0.717, 1.165) is 12.3 Å². The highest BCUT2D eigenvalue weighted by Gasteiger charge is 2.10. The molecule has 1 saturated heterocycles. The molecule has 0 aliphatic carbocycles. The molecule has 0 atom stereocenters. The third-order valence-corrected chi connectivity index (χ3v) is 3.86. The predicted octanol–water partition coefficient (Wildman–Crippen LogP) is 2.77. The number of ether oxygens (including phenoxy) is 1. The van der Waals surface area contributed by atoms with Gasteiger partial charge in [0.15, 0.2) is 0 Å². The van der Waals surface area contributed by atoms with E-state index in [0.29, 0.717) is 11.6 Å². The molecule has 88 valence electrons. The van der Waals surface area contributed by atoms with Crippen molar-refractivity contribution in [2.24, 2.45) is 0 Å². The average molecular weight is 258 g/mol. The molecule has 0 unspecified atom stereocenters. The molecule has 1 aromatic rings. The summed E-state index contributed by atoms with van der Waals surface area (Å²) in [6.07, 6.45) is 0. The lowest BCUT2D eigenvalue weighted by Crippen LogP contribution is -2.35. The Morgan fingerprint density at radius 3 is 2.75 bits per heavy atom. The second-order valence-corrected chi connectivity index (χ2v) is 5.36. The van der Waals surface area contributed by atoms with Crippen molar-refractivity contribution < 1.29 is 4.74 Å². The first-order valence-corrected chi connectivity index (χ1v) is 7.07. The molecule has 0 bridgehead atoms. The number of hydrogen-bond acceptors (Lipinski definition) is 3. The van der Waals surface area contributed by atoms with E-state index in [1.807, 2.05) is 36.0 Å². The van der Waals surface area contributed by atoms with Gasteiger partial charge in [-0.25, -0.2) is 0 Å². The summed E-state index contributed by atoms with van der Waals surface area (Å²) < 4.78 is 5.66. The Balaban J connectivity index is 1.73. The molecule has 1 heterocycles. The van der Waals surface area contributed by atoms with Crippen LogP contribution in [-0.2, 0) is 0 Å². The average Bonchev–Trinajstić information content (AvgIpc) is 2.33. The molecule has 1 aromatic carbocycles. The van der Waals surface area contributed by atoms with Gasteiger partial charge in [-0.05, 0) is 12.1 Å². The van der Waals surface area contributed by atoms with Crippen LogP contribution in [0.25, 0.3) is 0 Å². The molecule has 0 N–H and O–H groups in total. The summed E-state index contributed by atoms with van der Waals surface area (Å²) in [5.74, 6) is 3.27. The van der Waals surface area contributed by atoms with E-state index in [2.05, 4.69) is 4.90 Å². The third-order valence-electron chi connectivity index (χ3n) is 2.61. The van der Waals surface area contributed by atoms with Gasteiger partial charge in [-0.15, -0.1) is 0 Å². The molecule has 0 radical (unpaired) electrons. The number of thioether (sulfide) groups is 1.